The summed E-state index contributed by atoms with van der Waals surface area (Å²) in [6, 6.07) is 0. The molecule has 0 aromatic rings. The van der Waals surface area contributed by atoms with E-state index in [1.165, 1.54) is 14.0 Å². The average Bonchev–Trinajstić information content (AvgIpc) is 1.83. The SMILES string of the molecule is COC(C)[C@H](C)C(F)(F)F. The summed E-state index contributed by atoms with van der Waals surface area (Å²) in [5, 5.41) is 0. The van der Waals surface area contributed by atoms with Gasteiger partial charge in [-0.2, -0.15) is 13.2 Å². The van der Waals surface area contributed by atoms with E-state index < -0.39 is 18.2 Å². The number of rotatable bonds is 2. The lowest BCUT2D eigenvalue weighted by atomic mass is 10.1. The summed E-state index contributed by atoms with van der Waals surface area (Å²) in [5.74, 6) is -1.39. The zero-order valence-corrected chi connectivity index (χ0v) is 6.20. The van der Waals surface area contributed by atoms with Crippen LogP contribution in [0.1, 0.15) is 13.8 Å². The minimum atomic E-state index is -4.14. The predicted molar refractivity (Wildman–Crippen MR) is 31.7 cm³/mol. The maximum Gasteiger partial charge on any atom is 0.394 e. The number of halogens is 3. The smallest absolute Gasteiger partial charge is 0.381 e. The van der Waals surface area contributed by atoms with Crippen molar-refractivity contribution in [3.8, 4) is 0 Å². The highest BCUT2D eigenvalue weighted by Crippen LogP contribution is 2.28. The summed E-state index contributed by atoms with van der Waals surface area (Å²) in [4.78, 5) is 0. The van der Waals surface area contributed by atoms with E-state index in [1.807, 2.05) is 0 Å². The molecule has 10 heavy (non-hydrogen) atoms. The summed E-state index contributed by atoms with van der Waals surface area (Å²) in [6.45, 7) is 2.51. The van der Waals surface area contributed by atoms with Crippen molar-refractivity contribution in [3.63, 3.8) is 0 Å². The monoisotopic (exact) mass is 156 g/mol. The molecule has 0 fully saturated rings. The lowest BCUT2D eigenvalue weighted by Crippen LogP contribution is -2.30. The van der Waals surface area contributed by atoms with Gasteiger partial charge >= 0.3 is 6.18 Å². The third-order valence-electron chi connectivity index (χ3n) is 1.59. The molecule has 0 aliphatic carbocycles. The first-order valence-corrected chi connectivity index (χ1v) is 2.99. The molecule has 1 nitrogen and oxygen atoms in total. The van der Waals surface area contributed by atoms with E-state index in [4.69, 9.17) is 0 Å². The van der Waals surface area contributed by atoms with Crippen LogP contribution in [0.15, 0.2) is 0 Å². The van der Waals surface area contributed by atoms with E-state index in [-0.39, 0.29) is 0 Å². The van der Waals surface area contributed by atoms with Crippen LogP contribution in [0, 0.1) is 5.92 Å². The first kappa shape index (κ1) is 9.75. The van der Waals surface area contributed by atoms with Crippen LogP contribution in [0.25, 0.3) is 0 Å². The van der Waals surface area contributed by atoms with Gasteiger partial charge in [0.15, 0.2) is 0 Å². The number of alkyl halides is 3. The molecular weight excluding hydrogens is 145 g/mol. The summed E-state index contributed by atoms with van der Waals surface area (Å²) in [6.07, 6.45) is -4.91. The Balaban J connectivity index is 3.94. The second-order valence-electron chi connectivity index (χ2n) is 2.27. The highest BCUT2D eigenvalue weighted by molar-refractivity contribution is 4.68. The van der Waals surface area contributed by atoms with Gasteiger partial charge in [0.2, 0.25) is 0 Å². The molecule has 0 amide bonds. The van der Waals surface area contributed by atoms with Gasteiger partial charge in [-0.05, 0) is 6.92 Å². The van der Waals surface area contributed by atoms with Crippen LogP contribution in [0.3, 0.4) is 0 Å². The maximum atomic E-state index is 11.8. The van der Waals surface area contributed by atoms with Crippen LogP contribution in [-0.2, 0) is 4.74 Å². The van der Waals surface area contributed by atoms with Gasteiger partial charge in [-0.1, -0.05) is 6.92 Å². The van der Waals surface area contributed by atoms with Crippen molar-refractivity contribution in [2.24, 2.45) is 5.92 Å². The Morgan fingerprint density at radius 3 is 1.70 bits per heavy atom. The third-order valence-corrected chi connectivity index (χ3v) is 1.59. The van der Waals surface area contributed by atoms with E-state index in [2.05, 4.69) is 4.74 Å². The van der Waals surface area contributed by atoms with Crippen molar-refractivity contribution in [1.29, 1.82) is 0 Å². The van der Waals surface area contributed by atoms with E-state index in [0.29, 0.717) is 0 Å². The summed E-state index contributed by atoms with van der Waals surface area (Å²) in [7, 11) is 1.27. The fourth-order valence-electron chi connectivity index (χ4n) is 0.470. The van der Waals surface area contributed by atoms with Gasteiger partial charge in [0.1, 0.15) is 0 Å². The average molecular weight is 156 g/mol. The van der Waals surface area contributed by atoms with Gasteiger partial charge in [-0.25, -0.2) is 0 Å². The highest BCUT2D eigenvalue weighted by Gasteiger charge is 2.39. The number of hydrogen-bond donors (Lipinski definition) is 0. The van der Waals surface area contributed by atoms with E-state index in [9.17, 15) is 13.2 Å². The lowest BCUT2D eigenvalue weighted by Gasteiger charge is -2.20. The fourth-order valence-corrected chi connectivity index (χ4v) is 0.470. The van der Waals surface area contributed by atoms with Gasteiger partial charge in [-0.15, -0.1) is 0 Å². The molecular formula is C6H11F3O. The van der Waals surface area contributed by atoms with Crippen LogP contribution < -0.4 is 0 Å². The van der Waals surface area contributed by atoms with Crippen molar-refractivity contribution in [2.45, 2.75) is 26.1 Å². The van der Waals surface area contributed by atoms with Crippen molar-refractivity contribution in [1.82, 2.24) is 0 Å². The third kappa shape index (κ3) is 2.56. The van der Waals surface area contributed by atoms with Gasteiger partial charge in [0.05, 0.1) is 12.0 Å². The van der Waals surface area contributed by atoms with Crippen molar-refractivity contribution >= 4 is 0 Å². The first-order chi connectivity index (χ1) is 4.39. The molecule has 0 heterocycles. The van der Waals surface area contributed by atoms with Crippen molar-refractivity contribution in [2.75, 3.05) is 7.11 Å². The zero-order chi connectivity index (χ0) is 8.36. The second kappa shape index (κ2) is 3.23. The Labute approximate surface area is 58.2 Å². The molecule has 1 unspecified atom stereocenters. The van der Waals surface area contributed by atoms with Crippen LogP contribution >= 0.6 is 0 Å². The number of methoxy groups -OCH3 is 1. The van der Waals surface area contributed by atoms with Crippen LogP contribution in [0.4, 0.5) is 13.2 Å². The van der Waals surface area contributed by atoms with Gasteiger partial charge in [-0.3, -0.25) is 0 Å². The Morgan fingerprint density at radius 2 is 1.60 bits per heavy atom. The minimum Gasteiger partial charge on any atom is -0.381 e. The molecule has 0 spiro atoms. The van der Waals surface area contributed by atoms with Crippen molar-refractivity contribution < 1.29 is 17.9 Å². The molecule has 0 aromatic carbocycles. The Hall–Kier alpha value is -0.250. The van der Waals surface area contributed by atoms with Crippen LogP contribution in [0.5, 0.6) is 0 Å². The van der Waals surface area contributed by atoms with Crippen LogP contribution in [-0.4, -0.2) is 19.4 Å². The topological polar surface area (TPSA) is 9.23 Å². The molecule has 0 rings (SSSR count). The number of ether oxygens (including phenoxy) is 1. The summed E-state index contributed by atoms with van der Waals surface area (Å²) >= 11 is 0. The quantitative estimate of drug-likeness (QED) is 0.595. The van der Waals surface area contributed by atoms with Gasteiger partial charge < -0.3 is 4.74 Å². The van der Waals surface area contributed by atoms with E-state index in [0.717, 1.165) is 6.92 Å². The molecule has 0 radical (unpaired) electrons. The van der Waals surface area contributed by atoms with E-state index >= 15 is 0 Å². The molecule has 0 bridgehead atoms. The molecule has 2 atom stereocenters. The Morgan fingerprint density at radius 1 is 1.20 bits per heavy atom. The van der Waals surface area contributed by atoms with E-state index in [1.54, 1.807) is 0 Å². The Bertz CT molecular complexity index is 99.7. The molecule has 0 aliphatic rings. The van der Waals surface area contributed by atoms with Crippen LogP contribution in [0.2, 0.25) is 0 Å². The molecule has 0 saturated carbocycles. The molecule has 4 heteroatoms. The van der Waals surface area contributed by atoms with Gasteiger partial charge in [0, 0.05) is 7.11 Å². The summed E-state index contributed by atoms with van der Waals surface area (Å²) in [5.41, 5.74) is 0. The normalized spacial score (nSPS) is 18.6. The lowest BCUT2D eigenvalue weighted by molar-refractivity contribution is -0.195. The summed E-state index contributed by atoms with van der Waals surface area (Å²) < 4.78 is 39.9. The first-order valence-electron chi connectivity index (χ1n) is 2.99. The minimum absolute atomic E-state index is 0.764. The highest BCUT2D eigenvalue weighted by atomic mass is 19.4. The van der Waals surface area contributed by atoms with Crippen molar-refractivity contribution in [3.05, 3.63) is 0 Å². The molecule has 0 aromatic heterocycles. The predicted octanol–water partition coefficient (Wildman–Crippen LogP) is 2.22. The molecule has 0 saturated heterocycles. The fraction of sp³-hybridized carbons (Fsp3) is 1.00. The largest absolute Gasteiger partial charge is 0.394 e. The maximum absolute atomic E-state index is 11.8. The zero-order valence-electron chi connectivity index (χ0n) is 6.20. The number of hydrogen-bond acceptors (Lipinski definition) is 1. The second-order valence-corrected chi connectivity index (χ2v) is 2.27. The molecule has 0 aliphatic heterocycles. The van der Waals surface area contributed by atoms with Gasteiger partial charge in [0.25, 0.3) is 0 Å². The molecule has 0 N–H and O–H groups in total. The Kier molecular flexibility index (Phi) is 3.15. The molecule has 62 valence electrons. The standard InChI is InChI=1S/C6H11F3O/c1-4(5(2)10-3)6(7,8)9/h4-5H,1-3H3/t4-,5?/m0/s1.